The Morgan fingerprint density at radius 3 is 2.21 bits per heavy atom. The molecular formula is C19H18ClN7O. The molecule has 0 aliphatic carbocycles. The fraction of sp³-hybridized carbons (Fsp3) is 0.211. The fourth-order valence-electron chi connectivity index (χ4n) is 2.92. The van der Waals surface area contributed by atoms with Crippen LogP contribution in [0.5, 0.6) is 0 Å². The van der Waals surface area contributed by atoms with Crippen molar-refractivity contribution in [2.75, 3.05) is 41.3 Å². The summed E-state index contributed by atoms with van der Waals surface area (Å²) in [7, 11) is 0. The molecule has 1 fully saturated rings. The molecule has 28 heavy (non-hydrogen) atoms. The number of carbonyl (C=O) groups excluding carboxylic acids is 1. The normalized spacial score (nSPS) is 14.0. The molecular weight excluding hydrogens is 378 g/mol. The zero-order valence-corrected chi connectivity index (χ0v) is 15.8. The average Bonchev–Trinajstić information content (AvgIpc) is 2.76. The molecule has 1 aliphatic heterocycles. The van der Waals surface area contributed by atoms with E-state index in [1.54, 1.807) is 48.9 Å². The van der Waals surface area contributed by atoms with Crippen molar-refractivity contribution in [3.8, 4) is 0 Å². The van der Waals surface area contributed by atoms with E-state index in [1.165, 1.54) is 6.20 Å². The number of amides is 1. The summed E-state index contributed by atoms with van der Waals surface area (Å²) in [6.07, 6.45) is 6.61. The van der Waals surface area contributed by atoms with Crippen LogP contribution in [0.3, 0.4) is 0 Å². The van der Waals surface area contributed by atoms with Crippen molar-refractivity contribution in [2.45, 2.75) is 0 Å². The average molecular weight is 396 g/mol. The molecule has 2 aromatic heterocycles. The van der Waals surface area contributed by atoms with Gasteiger partial charge in [0.05, 0.1) is 12.4 Å². The topological polar surface area (TPSA) is 87.1 Å². The Morgan fingerprint density at radius 2 is 1.57 bits per heavy atom. The Morgan fingerprint density at radius 1 is 0.893 bits per heavy atom. The van der Waals surface area contributed by atoms with Gasteiger partial charge in [0.25, 0.3) is 5.91 Å². The van der Waals surface area contributed by atoms with Crippen molar-refractivity contribution in [3.63, 3.8) is 0 Å². The number of nitrogens with one attached hydrogen (secondary N) is 1. The van der Waals surface area contributed by atoms with Crippen molar-refractivity contribution in [2.24, 2.45) is 0 Å². The Kier molecular flexibility index (Phi) is 5.29. The molecule has 9 heteroatoms. The summed E-state index contributed by atoms with van der Waals surface area (Å²) in [4.78, 5) is 33.8. The zero-order valence-electron chi connectivity index (χ0n) is 15.0. The molecule has 3 heterocycles. The number of piperazine rings is 1. The molecule has 0 radical (unpaired) electrons. The van der Waals surface area contributed by atoms with Crippen LogP contribution in [0.25, 0.3) is 0 Å². The van der Waals surface area contributed by atoms with Crippen molar-refractivity contribution >= 4 is 35.0 Å². The third kappa shape index (κ3) is 4.17. The van der Waals surface area contributed by atoms with Gasteiger partial charge in [0, 0.05) is 49.3 Å². The molecule has 3 aromatic rings. The summed E-state index contributed by atoms with van der Waals surface area (Å²) in [6, 6.07) is 8.70. The number of aromatic nitrogens is 4. The van der Waals surface area contributed by atoms with E-state index in [2.05, 4.69) is 35.1 Å². The first kappa shape index (κ1) is 18.1. The van der Waals surface area contributed by atoms with Crippen LogP contribution < -0.4 is 15.1 Å². The number of hydrogen-bond donors (Lipinski definition) is 1. The van der Waals surface area contributed by atoms with E-state index < -0.39 is 0 Å². The highest BCUT2D eigenvalue weighted by molar-refractivity contribution is 6.30. The molecule has 0 unspecified atom stereocenters. The van der Waals surface area contributed by atoms with Crippen LogP contribution in [0.15, 0.2) is 55.1 Å². The Balaban J connectivity index is 1.36. The second-order valence-corrected chi connectivity index (χ2v) is 6.68. The molecule has 0 saturated carbocycles. The highest BCUT2D eigenvalue weighted by Gasteiger charge is 2.20. The summed E-state index contributed by atoms with van der Waals surface area (Å²) >= 11 is 5.85. The van der Waals surface area contributed by atoms with E-state index in [4.69, 9.17) is 11.6 Å². The predicted molar refractivity (Wildman–Crippen MR) is 108 cm³/mol. The lowest BCUT2D eigenvalue weighted by Crippen LogP contribution is -2.47. The van der Waals surface area contributed by atoms with Gasteiger partial charge in [-0.25, -0.2) is 19.9 Å². The Bertz CT molecular complexity index is 927. The molecule has 1 saturated heterocycles. The molecule has 0 bridgehead atoms. The van der Waals surface area contributed by atoms with Crippen LogP contribution >= 0.6 is 11.6 Å². The number of carbonyl (C=O) groups is 1. The molecule has 1 N–H and O–H groups in total. The van der Waals surface area contributed by atoms with Crippen LogP contribution in [-0.2, 0) is 0 Å². The van der Waals surface area contributed by atoms with Crippen LogP contribution in [0.1, 0.15) is 10.5 Å². The van der Waals surface area contributed by atoms with Crippen LogP contribution in [0.2, 0.25) is 5.02 Å². The molecule has 1 aromatic carbocycles. The van der Waals surface area contributed by atoms with E-state index in [-0.39, 0.29) is 11.6 Å². The number of rotatable bonds is 4. The fourth-order valence-corrected chi connectivity index (χ4v) is 3.05. The summed E-state index contributed by atoms with van der Waals surface area (Å²) in [6.45, 7) is 3.15. The maximum absolute atomic E-state index is 12.3. The second-order valence-electron chi connectivity index (χ2n) is 6.24. The van der Waals surface area contributed by atoms with Gasteiger partial charge in [-0.2, -0.15) is 0 Å². The van der Waals surface area contributed by atoms with Gasteiger partial charge in [-0.1, -0.05) is 11.6 Å². The monoisotopic (exact) mass is 395 g/mol. The van der Waals surface area contributed by atoms with Gasteiger partial charge < -0.3 is 15.1 Å². The minimum absolute atomic E-state index is 0.259. The zero-order chi connectivity index (χ0) is 19.3. The van der Waals surface area contributed by atoms with Gasteiger partial charge in [-0.3, -0.25) is 4.79 Å². The molecule has 1 amide bonds. The quantitative estimate of drug-likeness (QED) is 0.726. The van der Waals surface area contributed by atoms with E-state index >= 15 is 0 Å². The highest BCUT2D eigenvalue weighted by atomic mass is 35.5. The third-order valence-electron chi connectivity index (χ3n) is 4.41. The lowest BCUT2D eigenvalue weighted by Gasteiger charge is -2.35. The SMILES string of the molecule is O=C(Nc1ccc(Cl)cc1)c1cnc(N2CCN(c3ncccn3)CC2)cn1. The van der Waals surface area contributed by atoms with E-state index in [0.717, 1.165) is 37.9 Å². The Labute approximate surface area is 167 Å². The summed E-state index contributed by atoms with van der Waals surface area (Å²) in [5.41, 5.74) is 0.912. The van der Waals surface area contributed by atoms with Crippen LogP contribution in [0, 0.1) is 0 Å². The third-order valence-corrected chi connectivity index (χ3v) is 4.66. The molecule has 1 aliphatic rings. The maximum Gasteiger partial charge on any atom is 0.275 e. The largest absolute Gasteiger partial charge is 0.352 e. The van der Waals surface area contributed by atoms with Crippen molar-refractivity contribution < 1.29 is 4.79 Å². The van der Waals surface area contributed by atoms with Gasteiger partial charge in [0.15, 0.2) is 0 Å². The molecule has 0 atom stereocenters. The standard InChI is InChI=1S/C19H18ClN7O/c20-14-2-4-15(5-3-14)25-18(28)16-12-24-17(13-23-16)26-8-10-27(11-9-26)19-21-6-1-7-22-19/h1-7,12-13H,8-11H2,(H,25,28). The molecule has 142 valence electrons. The first-order valence-corrected chi connectivity index (χ1v) is 9.23. The number of halogens is 1. The lowest BCUT2D eigenvalue weighted by molar-refractivity contribution is 0.102. The second kappa shape index (κ2) is 8.18. The molecule has 4 rings (SSSR count). The van der Waals surface area contributed by atoms with Gasteiger partial charge >= 0.3 is 0 Å². The van der Waals surface area contributed by atoms with Crippen LogP contribution in [-0.4, -0.2) is 52.0 Å². The summed E-state index contributed by atoms with van der Waals surface area (Å²) in [5.74, 6) is 1.17. The van der Waals surface area contributed by atoms with Crippen LogP contribution in [0.4, 0.5) is 17.5 Å². The summed E-state index contributed by atoms with van der Waals surface area (Å²) in [5, 5.41) is 3.39. The number of hydrogen-bond acceptors (Lipinski definition) is 7. The first-order chi connectivity index (χ1) is 13.7. The number of nitrogens with zero attached hydrogens (tertiary/aromatic N) is 6. The van der Waals surface area contributed by atoms with Gasteiger partial charge in [0.2, 0.25) is 5.95 Å². The smallest absolute Gasteiger partial charge is 0.275 e. The van der Waals surface area contributed by atoms with Crippen molar-refractivity contribution in [1.29, 1.82) is 0 Å². The van der Waals surface area contributed by atoms with Gasteiger partial charge in [-0.05, 0) is 30.3 Å². The highest BCUT2D eigenvalue weighted by Crippen LogP contribution is 2.17. The summed E-state index contributed by atoms with van der Waals surface area (Å²) < 4.78 is 0. The molecule has 0 spiro atoms. The number of anilines is 3. The minimum Gasteiger partial charge on any atom is -0.352 e. The van der Waals surface area contributed by atoms with Gasteiger partial charge in [0.1, 0.15) is 11.5 Å². The van der Waals surface area contributed by atoms with Gasteiger partial charge in [-0.15, -0.1) is 0 Å². The van der Waals surface area contributed by atoms with Crippen molar-refractivity contribution in [3.05, 3.63) is 65.8 Å². The lowest BCUT2D eigenvalue weighted by atomic mass is 10.3. The van der Waals surface area contributed by atoms with E-state index in [9.17, 15) is 4.79 Å². The van der Waals surface area contributed by atoms with E-state index in [1.807, 2.05) is 0 Å². The molecule has 8 nitrogen and oxygen atoms in total. The first-order valence-electron chi connectivity index (χ1n) is 8.85. The van der Waals surface area contributed by atoms with E-state index in [0.29, 0.717) is 10.7 Å². The van der Waals surface area contributed by atoms with Crippen molar-refractivity contribution in [1.82, 2.24) is 19.9 Å². The predicted octanol–water partition coefficient (Wildman–Crippen LogP) is 2.50. The minimum atomic E-state index is -0.313. The Hall–Kier alpha value is -3.26. The maximum atomic E-state index is 12.3. The number of benzene rings is 1.